The highest BCUT2D eigenvalue weighted by Crippen LogP contribution is 2.31. The van der Waals surface area contributed by atoms with Crippen molar-refractivity contribution in [3.05, 3.63) is 12.2 Å². The molecule has 7 heteroatoms. The van der Waals surface area contributed by atoms with Crippen molar-refractivity contribution in [2.45, 2.75) is 39.2 Å². The predicted molar refractivity (Wildman–Crippen MR) is 91.5 cm³/mol. The minimum atomic E-state index is 0. The lowest BCUT2D eigenvalue weighted by Gasteiger charge is -2.12. The average Bonchev–Trinajstić information content (AvgIpc) is 3.14. The topological polar surface area (TPSA) is 67.1 Å². The van der Waals surface area contributed by atoms with E-state index in [1.165, 1.54) is 19.3 Å². The summed E-state index contributed by atoms with van der Waals surface area (Å²) in [5.74, 6) is 2.86. The number of hydrogen-bond acceptors (Lipinski definition) is 3. The lowest BCUT2D eigenvalue weighted by molar-refractivity contribution is 0.626. The molecule has 0 radical (unpaired) electrons. The molecular formula is C13H25IN6. The number of halogens is 1. The van der Waals surface area contributed by atoms with Gasteiger partial charge in [0.25, 0.3) is 0 Å². The summed E-state index contributed by atoms with van der Waals surface area (Å²) in [6.45, 7) is 4.79. The van der Waals surface area contributed by atoms with Gasteiger partial charge in [0, 0.05) is 33.1 Å². The first-order valence-corrected chi connectivity index (χ1v) is 7.14. The van der Waals surface area contributed by atoms with E-state index >= 15 is 0 Å². The molecule has 6 nitrogen and oxygen atoms in total. The highest BCUT2D eigenvalue weighted by atomic mass is 127. The van der Waals surface area contributed by atoms with Gasteiger partial charge in [-0.05, 0) is 12.3 Å². The molecule has 1 aromatic rings. The van der Waals surface area contributed by atoms with E-state index in [2.05, 4.69) is 37.3 Å². The number of nitrogens with one attached hydrogen (secondary N) is 2. The van der Waals surface area contributed by atoms with Crippen LogP contribution < -0.4 is 10.6 Å². The number of aliphatic imine (C=N–C) groups is 1. The Kier molecular flexibility index (Phi) is 7.86. The second kappa shape index (κ2) is 9.15. The van der Waals surface area contributed by atoms with Gasteiger partial charge in [-0.3, -0.25) is 4.99 Å². The smallest absolute Gasteiger partial charge is 0.191 e. The molecule has 114 valence electrons. The van der Waals surface area contributed by atoms with Crippen molar-refractivity contribution in [3.63, 3.8) is 0 Å². The van der Waals surface area contributed by atoms with E-state index in [0.29, 0.717) is 0 Å². The largest absolute Gasteiger partial charge is 0.356 e. The van der Waals surface area contributed by atoms with Crippen LogP contribution in [0.1, 0.15) is 32.0 Å². The van der Waals surface area contributed by atoms with E-state index in [-0.39, 0.29) is 24.0 Å². The third kappa shape index (κ3) is 5.64. The van der Waals surface area contributed by atoms with Crippen LogP contribution in [-0.4, -0.2) is 40.9 Å². The number of hydrogen-bond donors (Lipinski definition) is 2. The molecule has 0 bridgehead atoms. The summed E-state index contributed by atoms with van der Waals surface area (Å²) in [4.78, 5) is 4.22. The molecule has 0 amide bonds. The summed E-state index contributed by atoms with van der Waals surface area (Å²) in [5, 5.41) is 14.7. The maximum Gasteiger partial charge on any atom is 0.191 e. The maximum atomic E-state index is 4.22. The van der Waals surface area contributed by atoms with E-state index in [1.54, 1.807) is 6.33 Å². The molecule has 0 saturated heterocycles. The number of guanidine groups is 1. The summed E-state index contributed by atoms with van der Waals surface area (Å²) >= 11 is 0. The minimum Gasteiger partial charge on any atom is -0.356 e. The monoisotopic (exact) mass is 392 g/mol. The van der Waals surface area contributed by atoms with Gasteiger partial charge in [0.2, 0.25) is 0 Å². The van der Waals surface area contributed by atoms with Crippen LogP contribution >= 0.6 is 24.0 Å². The third-order valence-corrected chi connectivity index (χ3v) is 3.42. The summed E-state index contributed by atoms with van der Waals surface area (Å²) in [6.07, 6.45) is 6.76. The first-order valence-electron chi connectivity index (χ1n) is 7.14. The first-order chi connectivity index (χ1) is 9.33. The summed E-state index contributed by atoms with van der Waals surface area (Å²) in [7, 11) is 1.81. The van der Waals surface area contributed by atoms with Crippen LogP contribution in [-0.2, 0) is 13.0 Å². The first kappa shape index (κ1) is 17.2. The zero-order valence-electron chi connectivity index (χ0n) is 12.3. The van der Waals surface area contributed by atoms with E-state index in [1.807, 2.05) is 7.05 Å². The fourth-order valence-corrected chi connectivity index (χ4v) is 2.06. The summed E-state index contributed by atoms with van der Waals surface area (Å²) < 4.78 is 2.07. The Morgan fingerprint density at radius 1 is 1.40 bits per heavy atom. The van der Waals surface area contributed by atoms with Crippen LogP contribution in [0.2, 0.25) is 0 Å². The van der Waals surface area contributed by atoms with Crippen molar-refractivity contribution >= 4 is 29.9 Å². The molecule has 0 spiro atoms. The normalized spacial score (nSPS) is 14.8. The van der Waals surface area contributed by atoms with Crippen molar-refractivity contribution in [3.8, 4) is 0 Å². The van der Waals surface area contributed by atoms with Gasteiger partial charge in [-0.25, -0.2) is 0 Å². The molecule has 1 heterocycles. The SMILES string of the molecule is CCc1nncn1CCNC(=NC)NCCC1CC1.I. The number of aromatic nitrogens is 3. The Morgan fingerprint density at radius 2 is 2.15 bits per heavy atom. The molecule has 20 heavy (non-hydrogen) atoms. The van der Waals surface area contributed by atoms with Crippen LogP contribution in [0.5, 0.6) is 0 Å². The summed E-state index contributed by atoms with van der Waals surface area (Å²) in [6, 6.07) is 0. The molecule has 2 N–H and O–H groups in total. The van der Waals surface area contributed by atoms with Crippen molar-refractivity contribution in [2.75, 3.05) is 20.1 Å². The van der Waals surface area contributed by atoms with Crippen LogP contribution in [0.15, 0.2) is 11.3 Å². The molecule has 0 aliphatic heterocycles. The molecule has 0 unspecified atom stereocenters. The average molecular weight is 392 g/mol. The lowest BCUT2D eigenvalue weighted by Crippen LogP contribution is -2.39. The number of nitrogens with zero attached hydrogens (tertiary/aromatic N) is 4. The molecule has 2 rings (SSSR count). The Balaban J connectivity index is 0.00000200. The fourth-order valence-electron chi connectivity index (χ4n) is 2.06. The zero-order chi connectivity index (χ0) is 13.5. The highest BCUT2D eigenvalue weighted by Gasteiger charge is 2.20. The van der Waals surface area contributed by atoms with Gasteiger partial charge in [-0.1, -0.05) is 19.8 Å². The second-order valence-electron chi connectivity index (χ2n) is 4.95. The molecular weight excluding hydrogens is 367 g/mol. The molecule has 0 aromatic carbocycles. The quantitative estimate of drug-likeness (QED) is 0.419. The van der Waals surface area contributed by atoms with Gasteiger partial charge < -0.3 is 15.2 Å². The van der Waals surface area contributed by atoms with E-state index in [9.17, 15) is 0 Å². The Hall–Kier alpha value is -0.860. The van der Waals surface area contributed by atoms with Gasteiger partial charge >= 0.3 is 0 Å². The van der Waals surface area contributed by atoms with Crippen molar-refractivity contribution in [1.29, 1.82) is 0 Å². The van der Waals surface area contributed by atoms with Gasteiger partial charge in [-0.2, -0.15) is 0 Å². The van der Waals surface area contributed by atoms with Gasteiger partial charge in [0.15, 0.2) is 5.96 Å². The molecule has 1 saturated carbocycles. The fraction of sp³-hybridized carbons (Fsp3) is 0.769. The molecule has 1 aliphatic rings. The van der Waals surface area contributed by atoms with E-state index in [4.69, 9.17) is 0 Å². The molecule has 1 fully saturated rings. The highest BCUT2D eigenvalue weighted by molar-refractivity contribution is 14.0. The maximum absolute atomic E-state index is 4.22. The van der Waals surface area contributed by atoms with Crippen molar-refractivity contribution < 1.29 is 0 Å². The molecule has 1 aromatic heterocycles. The van der Waals surface area contributed by atoms with Crippen molar-refractivity contribution in [1.82, 2.24) is 25.4 Å². The zero-order valence-corrected chi connectivity index (χ0v) is 14.6. The van der Waals surface area contributed by atoms with Gasteiger partial charge in [0.1, 0.15) is 12.2 Å². The number of aryl methyl sites for hydroxylation is 1. The van der Waals surface area contributed by atoms with Crippen LogP contribution in [0.4, 0.5) is 0 Å². The van der Waals surface area contributed by atoms with E-state index in [0.717, 1.165) is 43.8 Å². The molecule has 1 aliphatic carbocycles. The van der Waals surface area contributed by atoms with E-state index < -0.39 is 0 Å². The predicted octanol–water partition coefficient (Wildman–Crippen LogP) is 1.42. The van der Waals surface area contributed by atoms with Crippen LogP contribution in [0, 0.1) is 5.92 Å². The standard InChI is InChI=1S/C13H24N6.HI/c1-3-12-18-17-10-19(12)9-8-16-13(14-2)15-7-6-11-4-5-11;/h10-11H,3-9H2,1-2H3,(H2,14,15,16);1H. The van der Waals surface area contributed by atoms with Crippen LogP contribution in [0.3, 0.4) is 0 Å². The number of rotatable bonds is 7. The lowest BCUT2D eigenvalue weighted by atomic mass is 10.3. The van der Waals surface area contributed by atoms with Crippen LogP contribution in [0.25, 0.3) is 0 Å². The minimum absolute atomic E-state index is 0. The van der Waals surface area contributed by atoms with Gasteiger partial charge in [0.05, 0.1) is 0 Å². The Labute approximate surface area is 137 Å². The second-order valence-corrected chi connectivity index (χ2v) is 4.95. The Morgan fingerprint density at radius 3 is 2.80 bits per heavy atom. The Bertz CT molecular complexity index is 413. The van der Waals surface area contributed by atoms with Gasteiger partial charge in [-0.15, -0.1) is 34.2 Å². The third-order valence-electron chi connectivity index (χ3n) is 3.42. The van der Waals surface area contributed by atoms with Crippen molar-refractivity contribution in [2.24, 2.45) is 10.9 Å². The molecule has 0 atom stereocenters. The summed E-state index contributed by atoms with van der Waals surface area (Å²) in [5.41, 5.74) is 0.